The second kappa shape index (κ2) is 65.8. The van der Waals surface area contributed by atoms with Gasteiger partial charge in [-0.25, -0.2) is 4.57 Å². The van der Waals surface area contributed by atoms with Crippen LogP contribution in [0.4, 0.5) is 0 Å². The van der Waals surface area contributed by atoms with Crippen LogP contribution in [0.5, 0.6) is 0 Å². The summed E-state index contributed by atoms with van der Waals surface area (Å²) in [5, 5.41) is 0. The van der Waals surface area contributed by atoms with Gasteiger partial charge >= 0.3 is 19.8 Å². The number of ether oxygens (including phenoxy) is 2. The third-order valence-corrected chi connectivity index (χ3v) is 14.0. The van der Waals surface area contributed by atoms with Crippen LogP contribution in [0.25, 0.3) is 0 Å². The summed E-state index contributed by atoms with van der Waals surface area (Å²) < 4.78 is 34.6. The number of hydrogen-bond acceptors (Lipinski definition) is 7. The molecule has 2 atom stereocenters. The van der Waals surface area contributed by atoms with Crippen LogP contribution in [-0.2, 0) is 32.7 Å². The fourth-order valence-corrected chi connectivity index (χ4v) is 8.68. The van der Waals surface area contributed by atoms with Gasteiger partial charge in [-0.15, -0.1) is 0 Å². The fraction of sp³-hybridized carbons (Fsp3) is 0.513. The average molecular weight is 1230 g/mol. The van der Waals surface area contributed by atoms with Crippen LogP contribution in [0.2, 0.25) is 0 Å². The summed E-state index contributed by atoms with van der Waals surface area (Å²) in [6.45, 7) is 4.10. The quantitative estimate of drug-likeness (QED) is 0.0211. The summed E-state index contributed by atoms with van der Waals surface area (Å²) in [5.74, 6) is -0.876. The minimum absolute atomic E-state index is 0.00862. The van der Waals surface area contributed by atoms with E-state index in [2.05, 4.69) is 233 Å². The molecule has 0 bridgehead atoms. The van der Waals surface area contributed by atoms with Crippen LogP contribution in [0.1, 0.15) is 206 Å². The Hall–Kier alpha value is -5.67. The number of quaternary nitrogens is 1. The van der Waals surface area contributed by atoms with Gasteiger partial charge in [-0.3, -0.25) is 18.6 Å². The topological polar surface area (TPSA) is 108 Å². The number of allylic oxidation sites excluding steroid dienone is 36. The molecule has 0 radical (unpaired) electrons. The first kappa shape index (κ1) is 82.3. The van der Waals surface area contributed by atoms with Crippen molar-refractivity contribution in [2.45, 2.75) is 213 Å². The molecule has 0 fully saturated rings. The van der Waals surface area contributed by atoms with Gasteiger partial charge in [0.05, 0.1) is 27.7 Å². The van der Waals surface area contributed by atoms with Crippen LogP contribution >= 0.6 is 7.82 Å². The molecule has 0 saturated heterocycles. The lowest BCUT2D eigenvalue weighted by Gasteiger charge is -2.24. The molecule has 0 aromatic rings. The molecule has 0 aromatic carbocycles. The standard InChI is InChI=1S/C78H120NO8P/c1-6-8-10-12-14-16-18-20-22-24-26-28-30-31-32-33-34-35-36-37-38-39-40-41-42-43-44-45-46-47-49-51-53-55-57-59-61-63-65-67-69-71-78(81)87-76(75-86-88(82,83)85-73-72-79(3,4)5)74-84-77(80)70-68-66-64-62-60-58-56-54-52-50-48-29-27-25-23-21-19-17-15-13-11-9-7-2/h8-11,14-17,20-23,26-29,31-32,34-35,37-38,40-41,43-44,46-47,50-53,56-59,76H,6-7,12-13,18-19,24-25,30,33,36,39,42,45,48-49,54-55,60-75H2,1-5H3/p+1/b10-8-,11-9-,16-14-,17-15-,22-20-,23-21-,28-26-,29-27-,32-31-,35-34-,38-37-,41-40-,44-43-,47-46-,52-50-,53-51-,58-56-,59-57-. The fourth-order valence-electron chi connectivity index (χ4n) is 7.94. The monoisotopic (exact) mass is 1230 g/mol. The normalized spacial score (nSPS) is 14.6. The van der Waals surface area contributed by atoms with Gasteiger partial charge in [-0.05, 0) is 154 Å². The van der Waals surface area contributed by atoms with Crippen molar-refractivity contribution in [3.8, 4) is 0 Å². The minimum Gasteiger partial charge on any atom is -0.462 e. The molecule has 0 saturated carbocycles. The Balaban J connectivity index is 4.26. The number of rotatable bonds is 58. The van der Waals surface area contributed by atoms with E-state index in [0.717, 1.165) is 167 Å². The molecule has 9 nitrogen and oxygen atoms in total. The zero-order valence-corrected chi connectivity index (χ0v) is 56.5. The van der Waals surface area contributed by atoms with Crippen molar-refractivity contribution < 1.29 is 42.1 Å². The lowest BCUT2D eigenvalue weighted by molar-refractivity contribution is -0.870. The SMILES string of the molecule is CC/C=C\C/C=C\C/C=C\C/C=C\C/C=C\C/C=C\C/C=C\C/C=C\C/C=C\C/C=C\C/C=C\C/C=C\CCCCCCC(=O)OC(COC(=O)CCCCCC/C=C\C/C=C\C/C=C\C/C=C\C/C=C\C/C=C\CC)COP(=O)(O)OCC[N+](C)(C)C. The van der Waals surface area contributed by atoms with Crippen molar-refractivity contribution in [1.82, 2.24) is 0 Å². The van der Waals surface area contributed by atoms with Crippen molar-refractivity contribution in [2.24, 2.45) is 0 Å². The van der Waals surface area contributed by atoms with E-state index in [1.807, 2.05) is 21.1 Å². The molecule has 0 aliphatic carbocycles. The second-order valence-corrected chi connectivity index (χ2v) is 23.8. The summed E-state index contributed by atoms with van der Waals surface area (Å²) in [7, 11) is 1.41. The largest absolute Gasteiger partial charge is 0.472 e. The summed E-state index contributed by atoms with van der Waals surface area (Å²) in [6.07, 6.45) is 106. The number of likely N-dealkylation sites (N-methyl/N-ethyl adjacent to an activating group) is 1. The Morgan fingerprint density at radius 1 is 0.352 bits per heavy atom. The molecule has 88 heavy (non-hydrogen) atoms. The van der Waals surface area contributed by atoms with Gasteiger partial charge in [0.15, 0.2) is 6.10 Å². The number of nitrogens with zero attached hydrogens (tertiary/aromatic N) is 1. The third kappa shape index (κ3) is 69.4. The molecular formula is C78H121NO8P+. The average Bonchev–Trinajstić information content (AvgIpc) is 3.58. The van der Waals surface area contributed by atoms with Gasteiger partial charge in [0.2, 0.25) is 0 Å². The molecular weight excluding hydrogens is 1110 g/mol. The van der Waals surface area contributed by atoms with Gasteiger partial charge in [0.1, 0.15) is 19.8 Å². The first-order valence-electron chi connectivity index (χ1n) is 33.5. The maximum absolute atomic E-state index is 12.9. The van der Waals surface area contributed by atoms with Gasteiger partial charge in [-0.1, -0.05) is 258 Å². The van der Waals surface area contributed by atoms with Gasteiger partial charge in [0.25, 0.3) is 0 Å². The van der Waals surface area contributed by atoms with Gasteiger partial charge < -0.3 is 18.9 Å². The van der Waals surface area contributed by atoms with E-state index in [4.69, 9.17) is 18.5 Å². The Kier molecular flexibility index (Phi) is 61.5. The molecule has 10 heteroatoms. The van der Waals surface area contributed by atoms with E-state index in [1.54, 1.807) is 0 Å². The highest BCUT2D eigenvalue weighted by molar-refractivity contribution is 7.47. The number of esters is 2. The second-order valence-electron chi connectivity index (χ2n) is 22.4. The summed E-state index contributed by atoms with van der Waals surface area (Å²) in [5.41, 5.74) is 0. The van der Waals surface area contributed by atoms with E-state index in [-0.39, 0.29) is 26.1 Å². The van der Waals surface area contributed by atoms with Gasteiger partial charge in [0, 0.05) is 12.8 Å². The zero-order valence-electron chi connectivity index (χ0n) is 55.6. The van der Waals surface area contributed by atoms with Crippen molar-refractivity contribution in [3.05, 3.63) is 219 Å². The van der Waals surface area contributed by atoms with E-state index in [9.17, 15) is 19.0 Å². The molecule has 1 N–H and O–H groups in total. The van der Waals surface area contributed by atoms with E-state index < -0.39 is 32.5 Å². The Bertz CT molecular complexity index is 2280. The van der Waals surface area contributed by atoms with Crippen molar-refractivity contribution in [3.63, 3.8) is 0 Å². The number of phosphoric ester groups is 1. The van der Waals surface area contributed by atoms with Crippen LogP contribution in [-0.4, -0.2) is 74.9 Å². The number of carbonyl (C=O) groups excluding carboxylic acids is 2. The van der Waals surface area contributed by atoms with Crippen molar-refractivity contribution in [2.75, 3.05) is 47.5 Å². The summed E-state index contributed by atoms with van der Waals surface area (Å²) in [4.78, 5) is 35.8. The van der Waals surface area contributed by atoms with E-state index >= 15 is 0 Å². The highest BCUT2D eigenvalue weighted by atomic mass is 31.2. The smallest absolute Gasteiger partial charge is 0.462 e. The number of unbranched alkanes of at least 4 members (excludes halogenated alkanes) is 8. The summed E-state index contributed by atoms with van der Waals surface area (Å²) in [6, 6.07) is 0. The van der Waals surface area contributed by atoms with E-state index in [1.165, 1.54) is 0 Å². The van der Waals surface area contributed by atoms with Crippen LogP contribution < -0.4 is 0 Å². The van der Waals surface area contributed by atoms with Crippen LogP contribution in [0.3, 0.4) is 0 Å². The maximum atomic E-state index is 12.9. The molecule has 0 heterocycles. The predicted octanol–water partition coefficient (Wildman–Crippen LogP) is 22.0. The minimum atomic E-state index is -4.42. The Morgan fingerprint density at radius 2 is 0.614 bits per heavy atom. The molecule has 0 aliphatic rings. The van der Waals surface area contributed by atoms with Crippen molar-refractivity contribution >= 4 is 19.8 Å². The molecule has 0 spiro atoms. The zero-order chi connectivity index (χ0) is 64.1. The molecule has 2 unspecified atom stereocenters. The lowest BCUT2D eigenvalue weighted by Crippen LogP contribution is -2.37. The first-order chi connectivity index (χ1) is 43.0. The van der Waals surface area contributed by atoms with Crippen LogP contribution in [0, 0.1) is 0 Å². The maximum Gasteiger partial charge on any atom is 0.472 e. The number of carbonyl (C=O) groups is 2. The van der Waals surface area contributed by atoms with E-state index in [0.29, 0.717) is 23.9 Å². The molecule has 0 rings (SSSR count). The molecule has 0 aliphatic heterocycles. The Morgan fingerprint density at radius 3 is 0.898 bits per heavy atom. The Labute approximate surface area is 538 Å². The molecule has 490 valence electrons. The molecule has 0 amide bonds. The third-order valence-electron chi connectivity index (χ3n) is 13.0. The van der Waals surface area contributed by atoms with Crippen molar-refractivity contribution in [1.29, 1.82) is 0 Å². The lowest BCUT2D eigenvalue weighted by atomic mass is 10.1. The van der Waals surface area contributed by atoms with Gasteiger partial charge in [-0.2, -0.15) is 0 Å². The number of hydrogen-bond donors (Lipinski definition) is 1. The van der Waals surface area contributed by atoms with Crippen LogP contribution in [0.15, 0.2) is 219 Å². The highest BCUT2D eigenvalue weighted by Gasteiger charge is 2.27. The summed E-state index contributed by atoms with van der Waals surface area (Å²) >= 11 is 0. The highest BCUT2D eigenvalue weighted by Crippen LogP contribution is 2.43. The molecule has 0 aromatic heterocycles. The first-order valence-corrected chi connectivity index (χ1v) is 35.0. The number of phosphoric acid groups is 1. The predicted molar refractivity (Wildman–Crippen MR) is 380 cm³/mol.